The molecule has 4 nitrogen and oxygen atoms in total. The van der Waals surface area contributed by atoms with Crippen LogP contribution >= 0.6 is 11.8 Å². The van der Waals surface area contributed by atoms with Crippen molar-refractivity contribution in [1.29, 1.82) is 0 Å². The number of rotatable bonds is 8. The van der Waals surface area contributed by atoms with Crippen LogP contribution in [0.5, 0.6) is 11.5 Å². The summed E-state index contributed by atoms with van der Waals surface area (Å²) in [4.78, 5) is 15.3. The maximum Gasteiger partial charge on any atom is 0.255 e. The molecule has 5 rings (SSSR count). The highest BCUT2D eigenvalue weighted by atomic mass is 32.2. The molecule has 0 saturated heterocycles. The average molecular weight is 492 g/mol. The SMILES string of the molecule is COc1ccc(C(=O)Nc2ccccc2Sc2ccccc2)cc1COc1cccc2ccccc12. The molecule has 0 saturated carbocycles. The van der Waals surface area contributed by atoms with Crippen LogP contribution in [0.25, 0.3) is 10.8 Å². The molecule has 0 heterocycles. The van der Waals surface area contributed by atoms with Crippen LogP contribution in [-0.4, -0.2) is 13.0 Å². The number of benzene rings is 5. The van der Waals surface area contributed by atoms with Crippen LogP contribution in [0.15, 0.2) is 125 Å². The summed E-state index contributed by atoms with van der Waals surface area (Å²) in [5.74, 6) is 1.27. The Morgan fingerprint density at radius 2 is 1.53 bits per heavy atom. The van der Waals surface area contributed by atoms with E-state index in [9.17, 15) is 4.79 Å². The second-order valence-electron chi connectivity index (χ2n) is 8.16. The monoisotopic (exact) mass is 491 g/mol. The molecule has 36 heavy (non-hydrogen) atoms. The molecule has 5 heteroatoms. The first-order valence-electron chi connectivity index (χ1n) is 11.6. The molecule has 0 radical (unpaired) electrons. The fourth-order valence-corrected chi connectivity index (χ4v) is 4.90. The lowest BCUT2D eigenvalue weighted by Gasteiger charge is -2.14. The lowest BCUT2D eigenvalue weighted by atomic mass is 10.1. The summed E-state index contributed by atoms with van der Waals surface area (Å²) in [5, 5.41) is 5.22. The number of carbonyl (C=O) groups is 1. The number of carbonyl (C=O) groups excluding carboxylic acids is 1. The summed E-state index contributed by atoms with van der Waals surface area (Å²) in [6.07, 6.45) is 0. The van der Waals surface area contributed by atoms with Crippen LogP contribution in [0.4, 0.5) is 5.69 Å². The van der Waals surface area contributed by atoms with Crippen molar-refractivity contribution in [2.24, 2.45) is 0 Å². The summed E-state index contributed by atoms with van der Waals surface area (Å²) in [7, 11) is 1.62. The van der Waals surface area contributed by atoms with Gasteiger partial charge in [0.25, 0.3) is 5.91 Å². The number of ether oxygens (including phenoxy) is 2. The molecule has 1 amide bonds. The Bertz CT molecular complexity index is 1500. The van der Waals surface area contributed by atoms with E-state index in [1.54, 1.807) is 31.0 Å². The second-order valence-corrected chi connectivity index (χ2v) is 9.27. The minimum Gasteiger partial charge on any atom is -0.496 e. The smallest absolute Gasteiger partial charge is 0.255 e. The van der Waals surface area contributed by atoms with Gasteiger partial charge in [-0.1, -0.05) is 78.5 Å². The van der Waals surface area contributed by atoms with E-state index in [-0.39, 0.29) is 12.5 Å². The standard InChI is InChI=1S/C31H25NO3S/c1-34-28-19-18-23(20-24(28)21-35-29-16-9-11-22-10-5-6-14-26(22)29)31(33)32-27-15-7-8-17-30(27)36-25-12-3-2-4-13-25/h2-20H,21H2,1H3,(H,32,33). The van der Waals surface area contributed by atoms with Crippen LogP contribution < -0.4 is 14.8 Å². The van der Waals surface area contributed by atoms with E-state index < -0.39 is 0 Å². The lowest BCUT2D eigenvalue weighted by molar-refractivity contribution is 0.102. The maximum atomic E-state index is 13.2. The average Bonchev–Trinajstić information content (AvgIpc) is 2.93. The Labute approximate surface area is 214 Å². The molecule has 0 unspecified atom stereocenters. The minimum atomic E-state index is -0.190. The van der Waals surface area contributed by atoms with Crippen LogP contribution in [0.3, 0.4) is 0 Å². The Balaban J connectivity index is 1.35. The van der Waals surface area contributed by atoms with Gasteiger partial charge in [-0.15, -0.1) is 0 Å². The van der Waals surface area contributed by atoms with Gasteiger partial charge in [0, 0.05) is 26.3 Å². The first-order chi connectivity index (χ1) is 17.7. The Hall–Kier alpha value is -4.22. The third-order valence-corrected chi connectivity index (χ3v) is 6.87. The number of para-hydroxylation sites is 1. The predicted octanol–water partition coefficient (Wildman–Crippen LogP) is 7.83. The zero-order chi connectivity index (χ0) is 24.7. The first-order valence-corrected chi connectivity index (χ1v) is 12.4. The summed E-state index contributed by atoms with van der Waals surface area (Å²) < 4.78 is 11.7. The zero-order valence-corrected chi connectivity index (χ0v) is 20.6. The third-order valence-electron chi connectivity index (χ3n) is 5.78. The normalized spacial score (nSPS) is 10.7. The van der Waals surface area contributed by atoms with Gasteiger partial charge in [-0.2, -0.15) is 0 Å². The van der Waals surface area contributed by atoms with E-state index >= 15 is 0 Å². The van der Waals surface area contributed by atoms with Crippen molar-refractivity contribution in [3.05, 3.63) is 126 Å². The van der Waals surface area contributed by atoms with Gasteiger partial charge in [0.05, 0.1) is 12.8 Å². The molecule has 5 aromatic rings. The Morgan fingerprint density at radius 1 is 0.778 bits per heavy atom. The largest absolute Gasteiger partial charge is 0.496 e. The van der Waals surface area contributed by atoms with Crippen molar-refractivity contribution >= 4 is 34.1 Å². The van der Waals surface area contributed by atoms with Crippen molar-refractivity contribution in [1.82, 2.24) is 0 Å². The van der Waals surface area contributed by atoms with E-state index in [1.807, 2.05) is 78.9 Å². The van der Waals surface area contributed by atoms with Gasteiger partial charge in [0.2, 0.25) is 0 Å². The van der Waals surface area contributed by atoms with Gasteiger partial charge < -0.3 is 14.8 Å². The molecular formula is C31H25NO3S. The molecule has 0 aliphatic rings. The molecule has 178 valence electrons. The lowest BCUT2D eigenvalue weighted by Crippen LogP contribution is -2.13. The van der Waals surface area contributed by atoms with Gasteiger partial charge in [-0.3, -0.25) is 4.79 Å². The van der Waals surface area contributed by atoms with E-state index in [4.69, 9.17) is 9.47 Å². The van der Waals surface area contributed by atoms with Gasteiger partial charge in [-0.05, 0) is 53.9 Å². The van der Waals surface area contributed by atoms with E-state index in [1.165, 1.54) is 0 Å². The van der Waals surface area contributed by atoms with E-state index in [2.05, 4.69) is 29.6 Å². The number of hydrogen-bond acceptors (Lipinski definition) is 4. The molecule has 0 fully saturated rings. The zero-order valence-electron chi connectivity index (χ0n) is 19.8. The van der Waals surface area contributed by atoms with E-state index in [0.29, 0.717) is 11.3 Å². The molecule has 0 atom stereocenters. The number of nitrogens with one attached hydrogen (secondary N) is 1. The van der Waals surface area contributed by atoms with Gasteiger partial charge >= 0.3 is 0 Å². The molecule has 0 aliphatic heterocycles. The molecule has 1 N–H and O–H groups in total. The van der Waals surface area contributed by atoms with Crippen LogP contribution in [-0.2, 0) is 6.61 Å². The number of hydrogen-bond donors (Lipinski definition) is 1. The molecule has 0 aromatic heterocycles. The fourth-order valence-electron chi connectivity index (χ4n) is 3.98. The first kappa shape index (κ1) is 23.5. The third kappa shape index (κ3) is 5.37. The van der Waals surface area contributed by atoms with Gasteiger partial charge in [0.1, 0.15) is 18.1 Å². The number of amides is 1. The second kappa shape index (κ2) is 11.0. The predicted molar refractivity (Wildman–Crippen MR) is 146 cm³/mol. The summed E-state index contributed by atoms with van der Waals surface area (Å²) in [6, 6.07) is 37.4. The molecule has 0 spiro atoms. The van der Waals surface area contributed by atoms with Crippen molar-refractivity contribution in [3.8, 4) is 11.5 Å². The molecule has 0 aliphatic carbocycles. The van der Waals surface area contributed by atoms with Crippen molar-refractivity contribution in [3.63, 3.8) is 0 Å². The summed E-state index contributed by atoms with van der Waals surface area (Å²) in [5.41, 5.74) is 2.09. The molecule has 5 aromatic carbocycles. The summed E-state index contributed by atoms with van der Waals surface area (Å²) in [6.45, 7) is 0.277. The van der Waals surface area contributed by atoms with Gasteiger partial charge in [0.15, 0.2) is 0 Å². The Kier molecular flexibility index (Phi) is 7.20. The van der Waals surface area contributed by atoms with Crippen molar-refractivity contribution in [2.45, 2.75) is 16.4 Å². The number of fused-ring (bicyclic) bond motifs is 1. The topological polar surface area (TPSA) is 47.6 Å². The minimum absolute atomic E-state index is 0.190. The number of anilines is 1. The van der Waals surface area contributed by atoms with Crippen molar-refractivity contribution < 1.29 is 14.3 Å². The molecule has 0 bridgehead atoms. The summed E-state index contributed by atoms with van der Waals surface area (Å²) >= 11 is 1.61. The quantitative estimate of drug-likeness (QED) is 0.240. The highest BCUT2D eigenvalue weighted by molar-refractivity contribution is 7.99. The van der Waals surface area contributed by atoms with Crippen LogP contribution in [0, 0.1) is 0 Å². The van der Waals surface area contributed by atoms with E-state index in [0.717, 1.165) is 37.6 Å². The van der Waals surface area contributed by atoms with Gasteiger partial charge in [-0.25, -0.2) is 0 Å². The highest BCUT2D eigenvalue weighted by Crippen LogP contribution is 2.34. The number of methoxy groups -OCH3 is 1. The highest BCUT2D eigenvalue weighted by Gasteiger charge is 2.14. The van der Waals surface area contributed by atoms with Crippen LogP contribution in [0.2, 0.25) is 0 Å². The van der Waals surface area contributed by atoms with Crippen LogP contribution in [0.1, 0.15) is 15.9 Å². The Morgan fingerprint density at radius 3 is 2.39 bits per heavy atom. The fraction of sp³-hybridized carbons (Fsp3) is 0.0645. The maximum absolute atomic E-state index is 13.2. The van der Waals surface area contributed by atoms with Crippen molar-refractivity contribution in [2.75, 3.05) is 12.4 Å². The molecular weight excluding hydrogens is 466 g/mol.